The van der Waals surface area contributed by atoms with Crippen LogP contribution in [0.1, 0.15) is 69.5 Å². The Bertz CT molecular complexity index is 831. The predicted molar refractivity (Wildman–Crippen MR) is 98.1 cm³/mol. The maximum absolute atomic E-state index is 12.8. The minimum absolute atomic E-state index is 0.0414. The molecule has 2 aromatic heterocycles. The van der Waals surface area contributed by atoms with Gasteiger partial charge in [-0.3, -0.25) is 0 Å². The first-order valence-corrected chi connectivity index (χ1v) is 9.24. The molecule has 0 saturated carbocycles. The van der Waals surface area contributed by atoms with Gasteiger partial charge in [0.2, 0.25) is 0 Å². The van der Waals surface area contributed by atoms with Gasteiger partial charge in [0.15, 0.2) is 0 Å². The van der Waals surface area contributed by atoms with Gasteiger partial charge in [-0.2, -0.15) is 0 Å². The molecule has 2 aromatic rings. The minimum atomic E-state index is -0.829. The Kier molecular flexibility index (Phi) is 5.25. The largest absolute Gasteiger partial charge is 0.507 e. The predicted octanol–water partition coefficient (Wildman–Crippen LogP) is 4.99. The first kappa shape index (κ1) is 18.4. The summed E-state index contributed by atoms with van der Waals surface area (Å²) in [6, 6.07) is 5.30. The summed E-state index contributed by atoms with van der Waals surface area (Å²) in [5, 5.41) is 10.7. The molecule has 0 amide bonds. The number of hydrogen-bond donors (Lipinski definition) is 1. The van der Waals surface area contributed by atoms with E-state index in [0.29, 0.717) is 25.0 Å². The van der Waals surface area contributed by atoms with E-state index in [4.69, 9.17) is 13.6 Å². The molecule has 1 N–H and O–H groups in total. The number of aromatic hydroxyl groups is 1. The van der Waals surface area contributed by atoms with Crippen molar-refractivity contribution in [1.29, 1.82) is 0 Å². The Hall–Kier alpha value is -2.43. The van der Waals surface area contributed by atoms with Crippen LogP contribution < -0.4 is 5.63 Å². The number of allylic oxidation sites excluding steroid dienone is 1. The third-order valence-corrected chi connectivity index (χ3v) is 5.06. The molecule has 5 nitrogen and oxygen atoms in total. The Morgan fingerprint density at radius 2 is 2.15 bits per heavy atom. The van der Waals surface area contributed by atoms with Gasteiger partial charge < -0.3 is 18.7 Å². The summed E-state index contributed by atoms with van der Waals surface area (Å²) in [7, 11) is 0. The highest BCUT2D eigenvalue weighted by atomic mass is 16.5. The van der Waals surface area contributed by atoms with Crippen molar-refractivity contribution in [2.24, 2.45) is 0 Å². The van der Waals surface area contributed by atoms with E-state index in [0.717, 1.165) is 24.4 Å². The molecule has 3 rings (SSSR count). The van der Waals surface area contributed by atoms with Crippen molar-refractivity contribution in [1.82, 2.24) is 0 Å². The van der Waals surface area contributed by atoms with Crippen molar-refractivity contribution in [2.75, 3.05) is 0 Å². The third-order valence-electron chi connectivity index (χ3n) is 5.06. The maximum Gasteiger partial charge on any atom is 0.347 e. The molecule has 0 fully saturated rings. The Morgan fingerprint density at radius 1 is 1.35 bits per heavy atom. The van der Waals surface area contributed by atoms with Crippen molar-refractivity contribution in [3.8, 4) is 5.75 Å². The van der Waals surface area contributed by atoms with Crippen LogP contribution in [-0.4, -0.2) is 5.11 Å². The smallest absolute Gasteiger partial charge is 0.347 e. The summed E-state index contributed by atoms with van der Waals surface area (Å²) in [5.74, 6) is 1.98. The van der Waals surface area contributed by atoms with Crippen LogP contribution in [0.4, 0.5) is 0 Å². The number of hydrogen-bond acceptors (Lipinski definition) is 5. The lowest BCUT2D eigenvalue weighted by Gasteiger charge is -2.29. The SMILES string of the molecule is CCCC1(c2c(O)cc(C(CC)Cc3ccco3)oc2=O)CC=C(C)O1. The van der Waals surface area contributed by atoms with Gasteiger partial charge in [-0.25, -0.2) is 4.79 Å². The van der Waals surface area contributed by atoms with E-state index in [-0.39, 0.29) is 17.2 Å². The van der Waals surface area contributed by atoms with Gasteiger partial charge in [0.05, 0.1) is 12.0 Å². The van der Waals surface area contributed by atoms with E-state index >= 15 is 0 Å². The zero-order chi connectivity index (χ0) is 18.7. The molecule has 5 heteroatoms. The third kappa shape index (κ3) is 3.43. The fourth-order valence-electron chi connectivity index (χ4n) is 3.77. The normalized spacial score (nSPS) is 20.7. The zero-order valence-electron chi connectivity index (χ0n) is 15.6. The van der Waals surface area contributed by atoms with Gasteiger partial charge >= 0.3 is 5.63 Å². The fourth-order valence-corrected chi connectivity index (χ4v) is 3.77. The lowest BCUT2D eigenvalue weighted by Crippen LogP contribution is -2.32. The standard InChI is InChI=1S/C21H26O5/c1-4-9-21(10-8-14(3)26-21)19-17(22)13-18(25-20(19)23)15(5-2)12-16-7-6-11-24-16/h6-8,11,13,15,22H,4-5,9-10,12H2,1-3H3. The fraction of sp³-hybridized carbons (Fsp3) is 0.476. The van der Waals surface area contributed by atoms with Crippen molar-refractivity contribution >= 4 is 0 Å². The molecule has 0 aliphatic carbocycles. The first-order chi connectivity index (χ1) is 12.5. The monoisotopic (exact) mass is 358 g/mol. The van der Waals surface area contributed by atoms with Gasteiger partial charge in [0.1, 0.15) is 28.4 Å². The summed E-state index contributed by atoms with van der Waals surface area (Å²) in [6.45, 7) is 5.91. The van der Waals surface area contributed by atoms with E-state index in [1.165, 1.54) is 0 Å². The van der Waals surface area contributed by atoms with Crippen LogP contribution in [0.25, 0.3) is 0 Å². The Morgan fingerprint density at radius 3 is 2.69 bits per heavy atom. The highest BCUT2D eigenvalue weighted by molar-refractivity contribution is 5.38. The van der Waals surface area contributed by atoms with Gasteiger partial charge in [0.25, 0.3) is 0 Å². The lowest BCUT2D eigenvalue weighted by atomic mass is 9.86. The summed E-state index contributed by atoms with van der Waals surface area (Å²) >= 11 is 0. The number of furan rings is 1. The molecule has 0 radical (unpaired) electrons. The van der Waals surface area contributed by atoms with Crippen LogP contribution in [0.15, 0.2) is 49.9 Å². The highest BCUT2D eigenvalue weighted by Crippen LogP contribution is 2.44. The van der Waals surface area contributed by atoms with Gasteiger partial charge in [-0.15, -0.1) is 0 Å². The van der Waals surface area contributed by atoms with E-state index in [9.17, 15) is 9.90 Å². The van der Waals surface area contributed by atoms with Crippen LogP contribution in [0.2, 0.25) is 0 Å². The quantitative estimate of drug-likeness (QED) is 0.754. The van der Waals surface area contributed by atoms with E-state index < -0.39 is 11.2 Å². The van der Waals surface area contributed by atoms with Gasteiger partial charge in [-0.05, 0) is 38.0 Å². The highest BCUT2D eigenvalue weighted by Gasteiger charge is 2.42. The van der Waals surface area contributed by atoms with Crippen molar-refractivity contribution in [3.63, 3.8) is 0 Å². The molecule has 26 heavy (non-hydrogen) atoms. The zero-order valence-corrected chi connectivity index (χ0v) is 15.6. The second kappa shape index (κ2) is 7.44. The average molecular weight is 358 g/mol. The van der Waals surface area contributed by atoms with E-state index in [1.807, 2.05) is 39.0 Å². The van der Waals surface area contributed by atoms with Crippen LogP contribution >= 0.6 is 0 Å². The first-order valence-electron chi connectivity index (χ1n) is 9.24. The molecular weight excluding hydrogens is 332 g/mol. The van der Waals surface area contributed by atoms with Crippen LogP contribution in [0, 0.1) is 0 Å². The number of ether oxygens (including phenoxy) is 1. The molecule has 0 spiro atoms. The average Bonchev–Trinajstić information content (AvgIpc) is 3.22. The molecule has 2 unspecified atom stereocenters. The maximum atomic E-state index is 12.8. The number of rotatable bonds is 7. The summed E-state index contributed by atoms with van der Waals surface area (Å²) in [5.41, 5.74) is -1.12. The Balaban J connectivity index is 1.96. The summed E-state index contributed by atoms with van der Waals surface area (Å²) < 4.78 is 17.0. The second-order valence-electron chi connectivity index (χ2n) is 6.95. The molecule has 2 atom stereocenters. The molecule has 0 bridgehead atoms. The van der Waals surface area contributed by atoms with E-state index in [1.54, 1.807) is 12.3 Å². The molecule has 1 aliphatic rings. The van der Waals surface area contributed by atoms with Gasteiger partial charge in [-0.1, -0.05) is 20.3 Å². The van der Waals surface area contributed by atoms with E-state index in [2.05, 4.69) is 0 Å². The van der Waals surface area contributed by atoms with Crippen molar-refractivity contribution < 1.29 is 18.7 Å². The van der Waals surface area contributed by atoms with Crippen LogP contribution in [-0.2, 0) is 16.8 Å². The summed E-state index contributed by atoms with van der Waals surface area (Å²) in [4.78, 5) is 12.8. The minimum Gasteiger partial charge on any atom is -0.507 e. The van der Waals surface area contributed by atoms with Crippen molar-refractivity contribution in [2.45, 2.75) is 64.4 Å². The van der Waals surface area contributed by atoms with Crippen LogP contribution in [0.3, 0.4) is 0 Å². The molecule has 140 valence electrons. The van der Waals surface area contributed by atoms with Gasteiger partial charge in [0, 0.05) is 24.8 Å². The second-order valence-corrected chi connectivity index (χ2v) is 6.95. The molecule has 0 saturated heterocycles. The molecule has 0 aromatic carbocycles. The Labute approximate surface area is 153 Å². The summed E-state index contributed by atoms with van der Waals surface area (Å²) in [6.07, 6.45) is 6.99. The van der Waals surface area contributed by atoms with Crippen LogP contribution in [0.5, 0.6) is 5.75 Å². The lowest BCUT2D eigenvalue weighted by molar-refractivity contribution is 0.00886. The molecular formula is C21H26O5. The molecule has 1 aliphatic heterocycles. The topological polar surface area (TPSA) is 72.8 Å². The van der Waals surface area contributed by atoms with Crippen molar-refractivity contribution in [3.05, 3.63) is 63.8 Å². The molecule has 3 heterocycles.